The molecule has 6 heteroatoms. The summed E-state index contributed by atoms with van der Waals surface area (Å²) in [6.07, 6.45) is 0. The number of amides is 1. The van der Waals surface area contributed by atoms with Gasteiger partial charge in [-0.1, -0.05) is 29.8 Å². The van der Waals surface area contributed by atoms with Crippen molar-refractivity contribution in [1.82, 2.24) is 15.3 Å². The first-order valence-corrected chi connectivity index (χ1v) is 9.14. The number of aryl methyl sites for hydroxylation is 2. The summed E-state index contributed by atoms with van der Waals surface area (Å²) in [7, 11) is 4.00. The van der Waals surface area contributed by atoms with Crippen LogP contribution in [0.3, 0.4) is 0 Å². The normalized spacial score (nSPS) is 10.4. The van der Waals surface area contributed by atoms with E-state index in [1.165, 1.54) is 5.56 Å². The van der Waals surface area contributed by atoms with Crippen LogP contribution in [0.1, 0.15) is 27.4 Å². The van der Waals surface area contributed by atoms with Crippen molar-refractivity contribution < 1.29 is 4.79 Å². The Morgan fingerprint density at radius 1 is 0.964 bits per heavy atom. The van der Waals surface area contributed by atoms with Crippen LogP contribution >= 0.6 is 0 Å². The second-order valence-electron chi connectivity index (χ2n) is 6.92. The Hall–Kier alpha value is -3.41. The fourth-order valence-electron chi connectivity index (χ4n) is 2.72. The molecule has 1 aromatic heterocycles. The molecule has 0 aliphatic rings. The molecule has 0 unspecified atom stereocenters. The van der Waals surface area contributed by atoms with Gasteiger partial charge >= 0.3 is 0 Å². The van der Waals surface area contributed by atoms with Crippen LogP contribution in [0.5, 0.6) is 0 Å². The standard InChI is InChI=1S/C22H25N5O/c1-15-5-7-17(8-6-15)14-23-22(28)20-13-21(25-16(2)24-20)26-18-9-11-19(12-10-18)27(3)4/h5-13H,14H2,1-4H3,(H,23,28)(H,24,25,26). The van der Waals surface area contributed by atoms with Gasteiger partial charge in [0.15, 0.2) is 0 Å². The molecule has 2 aromatic carbocycles. The first-order chi connectivity index (χ1) is 13.4. The Kier molecular flexibility index (Phi) is 5.89. The van der Waals surface area contributed by atoms with E-state index >= 15 is 0 Å². The zero-order chi connectivity index (χ0) is 20.1. The maximum atomic E-state index is 12.5. The number of benzene rings is 2. The summed E-state index contributed by atoms with van der Waals surface area (Å²) in [5.41, 5.74) is 4.59. The van der Waals surface area contributed by atoms with E-state index < -0.39 is 0 Å². The molecule has 0 radical (unpaired) electrons. The molecule has 6 nitrogen and oxygen atoms in total. The number of carbonyl (C=O) groups is 1. The molecule has 28 heavy (non-hydrogen) atoms. The molecule has 0 fully saturated rings. The molecular formula is C22H25N5O. The molecule has 0 aliphatic carbocycles. The van der Waals surface area contributed by atoms with Crippen LogP contribution in [0.4, 0.5) is 17.2 Å². The summed E-state index contributed by atoms with van der Waals surface area (Å²) < 4.78 is 0. The molecule has 3 rings (SSSR count). The summed E-state index contributed by atoms with van der Waals surface area (Å²) in [5.74, 6) is 0.901. The van der Waals surface area contributed by atoms with Gasteiger partial charge in [0.25, 0.3) is 5.91 Å². The zero-order valence-electron chi connectivity index (χ0n) is 16.7. The Morgan fingerprint density at radius 3 is 2.29 bits per heavy atom. The molecule has 0 atom stereocenters. The number of anilines is 3. The highest BCUT2D eigenvalue weighted by molar-refractivity contribution is 5.93. The van der Waals surface area contributed by atoms with Crippen LogP contribution in [0, 0.1) is 13.8 Å². The van der Waals surface area contributed by atoms with E-state index in [9.17, 15) is 4.79 Å². The van der Waals surface area contributed by atoms with Crippen LogP contribution in [-0.2, 0) is 6.54 Å². The third kappa shape index (κ3) is 5.07. The SMILES string of the molecule is Cc1ccc(CNC(=O)c2cc(Nc3ccc(N(C)C)cc3)nc(C)n2)cc1. The number of nitrogens with zero attached hydrogens (tertiary/aromatic N) is 3. The molecule has 3 aromatic rings. The third-order valence-corrected chi connectivity index (χ3v) is 4.30. The summed E-state index contributed by atoms with van der Waals surface area (Å²) >= 11 is 0. The van der Waals surface area contributed by atoms with Crippen molar-refractivity contribution in [2.24, 2.45) is 0 Å². The zero-order valence-corrected chi connectivity index (χ0v) is 16.7. The number of aromatic nitrogens is 2. The molecule has 0 aliphatic heterocycles. The lowest BCUT2D eigenvalue weighted by Gasteiger charge is -2.13. The fraction of sp³-hybridized carbons (Fsp3) is 0.227. The van der Waals surface area contributed by atoms with Crippen molar-refractivity contribution >= 4 is 23.1 Å². The van der Waals surface area contributed by atoms with Gasteiger partial charge in [0.1, 0.15) is 17.3 Å². The van der Waals surface area contributed by atoms with Crippen LogP contribution in [0.15, 0.2) is 54.6 Å². The quantitative estimate of drug-likeness (QED) is 0.685. The van der Waals surface area contributed by atoms with Gasteiger partial charge in [-0.3, -0.25) is 4.79 Å². The maximum absolute atomic E-state index is 12.5. The molecule has 1 heterocycles. The van der Waals surface area contributed by atoms with Crippen LogP contribution in [0.2, 0.25) is 0 Å². The van der Waals surface area contributed by atoms with E-state index in [1.54, 1.807) is 13.0 Å². The average Bonchev–Trinajstić information content (AvgIpc) is 2.67. The summed E-state index contributed by atoms with van der Waals surface area (Å²) in [6, 6.07) is 17.7. The van der Waals surface area contributed by atoms with Crippen molar-refractivity contribution in [3.63, 3.8) is 0 Å². The second kappa shape index (κ2) is 8.52. The van der Waals surface area contributed by atoms with E-state index in [-0.39, 0.29) is 5.91 Å². The highest BCUT2D eigenvalue weighted by atomic mass is 16.1. The first kappa shape index (κ1) is 19.4. The lowest BCUT2D eigenvalue weighted by Crippen LogP contribution is -2.24. The van der Waals surface area contributed by atoms with Crippen LogP contribution < -0.4 is 15.5 Å². The fourth-order valence-corrected chi connectivity index (χ4v) is 2.72. The molecule has 0 saturated heterocycles. The van der Waals surface area contributed by atoms with Gasteiger partial charge in [-0.15, -0.1) is 0 Å². The Balaban J connectivity index is 1.69. The van der Waals surface area contributed by atoms with Gasteiger partial charge < -0.3 is 15.5 Å². The van der Waals surface area contributed by atoms with Gasteiger partial charge in [-0.05, 0) is 43.7 Å². The molecular weight excluding hydrogens is 350 g/mol. The first-order valence-electron chi connectivity index (χ1n) is 9.14. The van der Waals surface area contributed by atoms with Gasteiger partial charge in [0.05, 0.1) is 0 Å². The van der Waals surface area contributed by atoms with Crippen LogP contribution in [0.25, 0.3) is 0 Å². The molecule has 2 N–H and O–H groups in total. The topological polar surface area (TPSA) is 70.2 Å². The smallest absolute Gasteiger partial charge is 0.270 e. The predicted octanol–water partition coefficient (Wildman–Crippen LogP) is 3.83. The number of nitrogens with one attached hydrogen (secondary N) is 2. The van der Waals surface area contributed by atoms with Crippen LogP contribution in [-0.4, -0.2) is 30.0 Å². The van der Waals surface area contributed by atoms with Crippen molar-refractivity contribution in [3.05, 3.63) is 77.2 Å². The summed E-state index contributed by atoms with van der Waals surface area (Å²) in [5, 5.41) is 6.15. The minimum absolute atomic E-state index is 0.225. The predicted molar refractivity (Wildman–Crippen MR) is 113 cm³/mol. The number of carbonyl (C=O) groups excluding carboxylic acids is 1. The van der Waals surface area contributed by atoms with Crippen molar-refractivity contribution in [3.8, 4) is 0 Å². The van der Waals surface area contributed by atoms with Gasteiger partial charge in [0, 0.05) is 38.1 Å². The lowest BCUT2D eigenvalue weighted by molar-refractivity contribution is 0.0945. The Labute approximate surface area is 165 Å². The van der Waals surface area contributed by atoms with Gasteiger partial charge in [0.2, 0.25) is 0 Å². The lowest BCUT2D eigenvalue weighted by atomic mass is 10.1. The average molecular weight is 375 g/mol. The third-order valence-electron chi connectivity index (χ3n) is 4.30. The summed E-state index contributed by atoms with van der Waals surface area (Å²) in [4.78, 5) is 23.2. The number of hydrogen-bond acceptors (Lipinski definition) is 5. The number of rotatable bonds is 6. The highest BCUT2D eigenvalue weighted by Crippen LogP contribution is 2.19. The molecule has 144 valence electrons. The Bertz CT molecular complexity index is 950. The minimum atomic E-state index is -0.225. The van der Waals surface area contributed by atoms with Gasteiger partial charge in [-0.2, -0.15) is 0 Å². The molecule has 0 saturated carbocycles. The van der Waals surface area contributed by atoms with E-state index in [4.69, 9.17) is 0 Å². The number of hydrogen-bond donors (Lipinski definition) is 2. The van der Waals surface area contributed by atoms with Crippen molar-refractivity contribution in [2.45, 2.75) is 20.4 Å². The van der Waals surface area contributed by atoms with Crippen molar-refractivity contribution in [2.75, 3.05) is 24.3 Å². The van der Waals surface area contributed by atoms with E-state index in [0.29, 0.717) is 23.9 Å². The maximum Gasteiger partial charge on any atom is 0.270 e. The molecule has 1 amide bonds. The van der Waals surface area contributed by atoms with Gasteiger partial charge in [-0.25, -0.2) is 9.97 Å². The van der Waals surface area contributed by atoms with E-state index in [1.807, 2.05) is 74.4 Å². The monoisotopic (exact) mass is 375 g/mol. The minimum Gasteiger partial charge on any atom is -0.378 e. The van der Waals surface area contributed by atoms with E-state index in [0.717, 1.165) is 16.9 Å². The molecule has 0 bridgehead atoms. The Morgan fingerprint density at radius 2 is 1.64 bits per heavy atom. The largest absolute Gasteiger partial charge is 0.378 e. The second-order valence-corrected chi connectivity index (χ2v) is 6.92. The van der Waals surface area contributed by atoms with E-state index in [2.05, 4.69) is 20.6 Å². The summed E-state index contributed by atoms with van der Waals surface area (Å²) in [6.45, 7) is 4.27. The highest BCUT2D eigenvalue weighted by Gasteiger charge is 2.11. The molecule has 0 spiro atoms. The van der Waals surface area contributed by atoms with Crippen molar-refractivity contribution in [1.29, 1.82) is 0 Å².